The van der Waals surface area contributed by atoms with Crippen LogP contribution in [0.4, 0.5) is 29.9 Å². The first kappa shape index (κ1) is 22.6. The molecule has 2 aromatic carbocycles. The number of amides is 2. The second-order valence-electron chi connectivity index (χ2n) is 7.78. The highest BCUT2D eigenvalue weighted by Crippen LogP contribution is 3.02. The lowest BCUT2D eigenvalue weighted by Gasteiger charge is -2.41. The predicted molar refractivity (Wildman–Crippen MR) is 112 cm³/mol. The van der Waals surface area contributed by atoms with Crippen LogP contribution in [0.5, 0.6) is 0 Å². The smallest absolute Gasteiger partial charge is 0.319 e. The summed E-state index contributed by atoms with van der Waals surface area (Å²) in [5.74, 6) is 0. The zero-order valence-electron chi connectivity index (χ0n) is 16.7. The van der Waals surface area contributed by atoms with E-state index < -0.39 is 39.0 Å². The molecule has 0 spiro atoms. The van der Waals surface area contributed by atoms with Gasteiger partial charge in [-0.05, 0) is 41.7 Å². The third kappa shape index (κ3) is 4.74. The minimum Gasteiger partial charge on any atom is -0.386 e. The highest BCUT2D eigenvalue weighted by molar-refractivity contribution is 8.45. The average molecular weight is 476 g/mol. The fourth-order valence-electron chi connectivity index (χ4n) is 3.95. The molecular formula is C21H21F5N2O3S. The standard InChI is InChI=1S/C21H21F5N2O3S/c22-32(23,24,25,26)15-5-6-16(13-7-9-31-10-8-13)18(12-15)27-21(30)28-19-11-14-3-1-2-4-17(14)20(19)29/h1-7,12,19-20,29H,8-11H2,(H2,27,28,30)/t19-,20+/m1/s1. The predicted octanol–water partition coefficient (Wildman–Crippen LogP) is 5.93. The van der Waals surface area contributed by atoms with Gasteiger partial charge in [-0.25, -0.2) is 4.79 Å². The number of anilines is 1. The number of aliphatic hydroxyl groups excluding tert-OH is 1. The molecule has 32 heavy (non-hydrogen) atoms. The summed E-state index contributed by atoms with van der Waals surface area (Å²) in [7, 11) is -9.95. The van der Waals surface area contributed by atoms with Gasteiger partial charge in [-0.3, -0.25) is 0 Å². The third-order valence-corrected chi connectivity index (χ3v) is 6.65. The van der Waals surface area contributed by atoms with Crippen molar-refractivity contribution in [3.8, 4) is 0 Å². The molecule has 0 aromatic heterocycles. The number of hydrogen-bond donors (Lipinski definition) is 3. The van der Waals surface area contributed by atoms with E-state index in [1.54, 1.807) is 30.3 Å². The lowest BCUT2D eigenvalue weighted by Crippen LogP contribution is -2.40. The summed E-state index contributed by atoms with van der Waals surface area (Å²) in [4.78, 5) is 10.5. The van der Waals surface area contributed by atoms with Gasteiger partial charge in [0.25, 0.3) is 0 Å². The summed E-state index contributed by atoms with van der Waals surface area (Å²) < 4.78 is 72.1. The molecule has 4 rings (SSSR count). The van der Waals surface area contributed by atoms with Crippen molar-refractivity contribution in [3.05, 3.63) is 65.2 Å². The molecule has 0 saturated carbocycles. The molecule has 0 radical (unpaired) electrons. The van der Waals surface area contributed by atoms with Gasteiger partial charge >= 0.3 is 16.3 Å². The summed E-state index contributed by atoms with van der Waals surface area (Å²) in [6.45, 7) is 0.532. The van der Waals surface area contributed by atoms with Crippen LogP contribution in [0, 0.1) is 0 Å². The van der Waals surface area contributed by atoms with Crippen LogP contribution >= 0.6 is 10.2 Å². The van der Waals surface area contributed by atoms with Crippen LogP contribution in [0.25, 0.3) is 5.57 Å². The quantitative estimate of drug-likeness (QED) is 0.479. The fourth-order valence-corrected chi connectivity index (χ4v) is 4.61. The van der Waals surface area contributed by atoms with Crippen molar-refractivity contribution in [2.24, 2.45) is 0 Å². The number of ether oxygens (including phenoxy) is 1. The zero-order chi connectivity index (χ0) is 23.2. The molecule has 0 unspecified atom stereocenters. The van der Waals surface area contributed by atoms with E-state index >= 15 is 0 Å². The molecule has 1 aliphatic carbocycles. The summed E-state index contributed by atoms with van der Waals surface area (Å²) >= 11 is 0. The Kier molecular flexibility index (Phi) is 5.07. The second-order valence-corrected chi connectivity index (χ2v) is 10.2. The Balaban J connectivity index is 1.61. The molecule has 0 saturated heterocycles. The normalized spacial score (nSPS) is 22.9. The van der Waals surface area contributed by atoms with Crippen molar-refractivity contribution < 1.29 is 34.1 Å². The molecule has 2 atom stereocenters. The molecule has 0 fully saturated rings. The summed E-state index contributed by atoms with van der Waals surface area (Å²) in [5, 5.41) is 15.2. The topological polar surface area (TPSA) is 70.6 Å². The van der Waals surface area contributed by atoms with Gasteiger partial charge in [0.1, 0.15) is 4.90 Å². The number of urea groups is 1. The first-order valence-electron chi connectivity index (χ1n) is 9.80. The van der Waals surface area contributed by atoms with Crippen molar-refractivity contribution in [2.75, 3.05) is 18.5 Å². The Morgan fingerprint density at radius 1 is 1.09 bits per heavy atom. The van der Waals surface area contributed by atoms with Gasteiger partial charge in [-0.2, -0.15) is 0 Å². The molecule has 174 valence electrons. The van der Waals surface area contributed by atoms with Gasteiger partial charge in [0.15, 0.2) is 0 Å². The minimum atomic E-state index is -9.95. The summed E-state index contributed by atoms with van der Waals surface area (Å²) in [6.07, 6.45) is 1.30. The van der Waals surface area contributed by atoms with E-state index in [9.17, 15) is 29.3 Å². The van der Waals surface area contributed by atoms with Crippen molar-refractivity contribution in [1.29, 1.82) is 0 Å². The molecule has 11 heteroatoms. The highest BCUT2D eigenvalue weighted by Gasteiger charge is 2.65. The third-order valence-electron chi connectivity index (χ3n) is 5.51. The van der Waals surface area contributed by atoms with E-state index in [0.29, 0.717) is 36.7 Å². The van der Waals surface area contributed by atoms with Gasteiger partial charge in [0, 0.05) is 5.56 Å². The van der Waals surface area contributed by atoms with Crippen LogP contribution in [0.15, 0.2) is 53.4 Å². The largest absolute Gasteiger partial charge is 0.386 e. The van der Waals surface area contributed by atoms with Crippen LogP contribution in [0.1, 0.15) is 29.2 Å². The van der Waals surface area contributed by atoms with Crippen molar-refractivity contribution in [3.63, 3.8) is 0 Å². The Hall–Kier alpha value is -2.63. The number of hydrogen-bond acceptors (Lipinski definition) is 3. The molecular weight excluding hydrogens is 455 g/mol. The molecule has 2 aromatic rings. The molecule has 5 nitrogen and oxygen atoms in total. The lowest BCUT2D eigenvalue weighted by atomic mass is 9.99. The number of benzene rings is 2. The number of carbonyl (C=O) groups excluding carboxylic acids is 1. The van der Waals surface area contributed by atoms with E-state index in [1.807, 2.05) is 0 Å². The maximum Gasteiger partial charge on any atom is 0.319 e. The maximum absolute atomic E-state index is 13.4. The molecule has 2 amide bonds. The molecule has 3 N–H and O–H groups in total. The van der Waals surface area contributed by atoms with E-state index in [0.717, 1.165) is 11.6 Å². The first-order valence-corrected chi connectivity index (χ1v) is 11.8. The van der Waals surface area contributed by atoms with Crippen LogP contribution in [0.2, 0.25) is 0 Å². The van der Waals surface area contributed by atoms with Gasteiger partial charge < -0.3 is 20.5 Å². The van der Waals surface area contributed by atoms with Crippen LogP contribution < -0.4 is 10.6 Å². The maximum atomic E-state index is 13.4. The first-order chi connectivity index (χ1) is 14.8. The van der Waals surface area contributed by atoms with Crippen LogP contribution in [0.3, 0.4) is 0 Å². The lowest BCUT2D eigenvalue weighted by molar-refractivity contribution is 0.145. The number of fused-ring (bicyclic) bond motifs is 1. The van der Waals surface area contributed by atoms with Crippen molar-refractivity contribution in [2.45, 2.75) is 29.9 Å². The number of nitrogens with one attached hydrogen (secondary N) is 2. The highest BCUT2D eigenvalue weighted by atomic mass is 32.5. The number of carbonyl (C=O) groups is 1. The number of aliphatic hydroxyl groups is 1. The molecule has 2 aliphatic rings. The zero-order valence-corrected chi connectivity index (χ0v) is 17.5. The van der Waals surface area contributed by atoms with Gasteiger partial charge in [-0.1, -0.05) is 55.8 Å². The van der Waals surface area contributed by atoms with Crippen LogP contribution in [-0.2, 0) is 11.2 Å². The summed E-state index contributed by atoms with van der Waals surface area (Å²) in [6, 6.07) is 6.93. The van der Waals surface area contributed by atoms with E-state index in [2.05, 4.69) is 10.6 Å². The van der Waals surface area contributed by atoms with Crippen LogP contribution in [-0.4, -0.2) is 30.4 Å². The SMILES string of the molecule is O=C(Nc1cc(S(F)(F)(F)(F)F)ccc1C1=CCOCC1)N[C@@H]1Cc2ccccc2[C@@H]1O. The van der Waals surface area contributed by atoms with Crippen molar-refractivity contribution >= 4 is 27.5 Å². The molecule has 0 bridgehead atoms. The Morgan fingerprint density at radius 3 is 2.50 bits per heavy atom. The Bertz CT molecular complexity index is 1110. The Labute approximate surface area is 181 Å². The van der Waals surface area contributed by atoms with E-state index in [4.69, 9.17) is 4.74 Å². The number of rotatable bonds is 4. The fraction of sp³-hybridized carbons (Fsp3) is 0.286. The van der Waals surface area contributed by atoms with Gasteiger partial charge in [-0.15, -0.1) is 0 Å². The molecule has 1 aliphatic heterocycles. The number of halogens is 5. The van der Waals surface area contributed by atoms with Crippen molar-refractivity contribution in [1.82, 2.24) is 5.32 Å². The molecule has 1 heterocycles. The van der Waals surface area contributed by atoms with E-state index in [-0.39, 0.29) is 18.2 Å². The van der Waals surface area contributed by atoms with Gasteiger partial charge in [0.2, 0.25) is 0 Å². The monoisotopic (exact) mass is 476 g/mol. The van der Waals surface area contributed by atoms with E-state index in [1.165, 1.54) is 0 Å². The second kappa shape index (κ2) is 7.19. The summed E-state index contributed by atoms with van der Waals surface area (Å²) in [5.41, 5.74) is 1.86. The van der Waals surface area contributed by atoms with Gasteiger partial charge in [0.05, 0.1) is 31.0 Å². The Morgan fingerprint density at radius 2 is 1.84 bits per heavy atom. The average Bonchev–Trinajstić information content (AvgIpc) is 3.02. The minimum absolute atomic E-state index is 0.198.